The zero-order chi connectivity index (χ0) is 28.4. The standard InChI is InChI=1S/C25H25F3N4O6S/c1-14-4-2-3-5-19(14)39(36,37)32-21-20(22(33)23(21)34)29-15-6-8-16(9-7-15)30-24(35)31-17-10-12-18(13-11-17)38-25(26,27)28/h2-5,10-13,15-16,29,32H,6-9H2,1H3,(H2,30,31,35). The molecule has 208 valence electrons. The van der Waals surface area contributed by atoms with Crippen molar-refractivity contribution in [2.75, 3.05) is 15.4 Å². The highest BCUT2D eigenvalue weighted by Crippen LogP contribution is 2.27. The first kappa shape index (κ1) is 28.0. The third-order valence-corrected chi connectivity index (χ3v) is 7.80. The second-order valence-electron chi connectivity index (χ2n) is 9.14. The number of carbonyl (C=O) groups excluding carboxylic acids is 1. The van der Waals surface area contributed by atoms with Crippen LogP contribution in [0.15, 0.2) is 63.0 Å². The van der Waals surface area contributed by atoms with Crippen LogP contribution in [0.4, 0.5) is 35.0 Å². The molecule has 1 saturated carbocycles. The van der Waals surface area contributed by atoms with Gasteiger partial charge >= 0.3 is 12.4 Å². The van der Waals surface area contributed by atoms with Crippen LogP contribution in [0.1, 0.15) is 31.2 Å². The van der Waals surface area contributed by atoms with Gasteiger partial charge in [0, 0.05) is 17.8 Å². The van der Waals surface area contributed by atoms with E-state index in [1.54, 1.807) is 25.1 Å². The van der Waals surface area contributed by atoms with Crippen molar-refractivity contribution < 1.29 is 31.1 Å². The average Bonchev–Trinajstić information content (AvgIpc) is 2.87. The maximum absolute atomic E-state index is 12.8. The summed E-state index contributed by atoms with van der Waals surface area (Å²) in [5.41, 5.74) is -1.33. The number of halogens is 3. The smallest absolute Gasteiger partial charge is 0.406 e. The lowest BCUT2D eigenvalue weighted by Crippen LogP contribution is -2.44. The van der Waals surface area contributed by atoms with Crippen LogP contribution < -0.4 is 36.3 Å². The molecule has 0 aliphatic heterocycles. The fourth-order valence-electron chi connectivity index (χ4n) is 4.35. The van der Waals surface area contributed by atoms with Gasteiger partial charge in [0.1, 0.15) is 17.1 Å². The molecule has 1 aliphatic rings. The highest BCUT2D eigenvalue weighted by atomic mass is 32.2. The van der Waals surface area contributed by atoms with Gasteiger partial charge in [0.15, 0.2) is 0 Å². The van der Waals surface area contributed by atoms with Crippen LogP contribution in [0, 0.1) is 6.92 Å². The average molecular weight is 567 g/mol. The second-order valence-corrected chi connectivity index (χ2v) is 10.8. The lowest BCUT2D eigenvalue weighted by atomic mass is 9.91. The molecule has 0 unspecified atom stereocenters. The predicted octanol–water partition coefficient (Wildman–Crippen LogP) is 3.84. The molecule has 3 aromatic carbocycles. The number of nitrogens with one attached hydrogen (secondary N) is 4. The molecule has 0 bridgehead atoms. The topological polar surface area (TPSA) is 143 Å². The maximum atomic E-state index is 12.8. The molecule has 0 atom stereocenters. The largest absolute Gasteiger partial charge is 0.573 e. The summed E-state index contributed by atoms with van der Waals surface area (Å²) in [6, 6.07) is 10.00. The fraction of sp³-hybridized carbons (Fsp3) is 0.320. The Hall–Kier alpha value is -4.07. The molecule has 39 heavy (non-hydrogen) atoms. The van der Waals surface area contributed by atoms with Crippen LogP contribution in [-0.2, 0) is 10.0 Å². The van der Waals surface area contributed by atoms with E-state index in [9.17, 15) is 36.0 Å². The van der Waals surface area contributed by atoms with E-state index >= 15 is 0 Å². The van der Waals surface area contributed by atoms with E-state index in [4.69, 9.17) is 0 Å². The molecule has 0 spiro atoms. The van der Waals surface area contributed by atoms with Gasteiger partial charge in [-0.3, -0.25) is 14.3 Å². The highest BCUT2D eigenvalue weighted by Gasteiger charge is 2.31. The Balaban J connectivity index is 1.28. The van der Waals surface area contributed by atoms with Crippen molar-refractivity contribution in [1.29, 1.82) is 0 Å². The normalized spacial score (nSPS) is 17.8. The molecular weight excluding hydrogens is 541 g/mol. The van der Waals surface area contributed by atoms with E-state index in [-0.39, 0.29) is 34.0 Å². The number of alkyl halides is 3. The number of anilines is 3. The third kappa shape index (κ3) is 6.88. The SMILES string of the molecule is Cc1ccccc1S(=O)(=O)Nc1c(NC2CCC(NC(=O)Nc3ccc(OC(F)(F)F)cc3)CC2)c(=O)c1=O. The zero-order valence-corrected chi connectivity index (χ0v) is 21.4. The van der Waals surface area contributed by atoms with Crippen LogP contribution in [-0.4, -0.2) is 32.9 Å². The van der Waals surface area contributed by atoms with E-state index in [1.165, 1.54) is 18.2 Å². The number of hydrogen-bond acceptors (Lipinski definition) is 7. The van der Waals surface area contributed by atoms with Gasteiger partial charge in [-0.1, -0.05) is 18.2 Å². The highest BCUT2D eigenvalue weighted by molar-refractivity contribution is 7.92. The Labute approximate surface area is 221 Å². The number of sulfonamides is 1. The summed E-state index contributed by atoms with van der Waals surface area (Å²) in [6.45, 7) is 1.62. The van der Waals surface area contributed by atoms with Gasteiger partial charge in [-0.15, -0.1) is 13.2 Å². The van der Waals surface area contributed by atoms with Crippen LogP contribution in [0.3, 0.4) is 0 Å². The minimum atomic E-state index is -4.81. The van der Waals surface area contributed by atoms with Gasteiger partial charge in [-0.05, 0) is 68.5 Å². The zero-order valence-electron chi connectivity index (χ0n) is 20.6. The summed E-state index contributed by atoms with van der Waals surface area (Å²) in [5.74, 6) is -0.410. The summed E-state index contributed by atoms with van der Waals surface area (Å²) in [7, 11) is -4.07. The molecule has 3 aromatic rings. The van der Waals surface area contributed by atoms with Crippen LogP contribution in [0.2, 0.25) is 0 Å². The summed E-state index contributed by atoms with van der Waals surface area (Å²) >= 11 is 0. The summed E-state index contributed by atoms with van der Waals surface area (Å²) in [5, 5.41) is 8.30. The van der Waals surface area contributed by atoms with Crippen molar-refractivity contribution in [2.45, 2.75) is 55.9 Å². The van der Waals surface area contributed by atoms with Crippen molar-refractivity contribution >= 4 is 33.1 Å². The molecule has 0 saturated heterocycles. The molecule has 4 rings (SSSR count). The van der Waals surface area contributed by atoms with Gasteiger partial charge in [-0.2, -0.15) is 0 Å². The Kier molecular flexibility index (Phi) is 7.86. The molecule has 0 heterocycles. The Morgan fingerprint density at radius 3 is 2.10 bits per heavy atom. The molecule has 1 fully saturated rings. The number of urea groups is 1. The summed E-state index contributed by atoms with van der Waals surface area (Å²) < 4.78 is 68.3. The molecule has 0 radical (unpaired) electrons. The van der Waals surface area contributed by atoms with E-state index in [0.717, 1.165) is 12.1 Å². The van der Waals surface area contributed by atoms with Gasteiger partial charge in [0.2, 0.25) is 0 Å². The minimum Gasteiger partial charge on any atom is -0.406 e. The fourth-order valence-corrected chi connectivity index (χ4v) is 5.68. The van der Waals surface area contributed by atoms with E-state index in [2.05, 4.69) is 25.4 Å². The first-order valence-corrected chi connectivity index (χ1v) is 13.4. The maximum Gasteiger partial charge on any atom is 0.573 e. The number of carbonyl (C=O) groups is 1. The molecule has 14 heteroatoms. The van der Waals surface area contributed by atoms with Gasteiger partial charge in [-0.25, -0.2) is 13.2 Å². The quantitative estimate of drug-likeness (QED) is 0.304. The first-order chi connectivity index (χ1) is 18.3. The van der Waals surface area contributed by atoms with Crippen molar-refractivity contribution in [2.24, 2.45) is 0 Å². The van der Waals surface area contributed by atoms with Gasteiger partial charge < -0.3 is 20.7 Å². The number of rotatable bonds is 8. The number of aryl methyl sites for hydroxylation is 1. The summed E-state index contributed by atoms with van der Waals surface area (Å²) in [6.07, 6.45) is -2.70. The van der Waals surface area contributed by atoms with Crippen molar-refractivity contribution in [1.82, 2.24) is 5.32 Å². The predicted molar refractivity (Wildman–Crippen MR) is 138 cm³/mol. The second kappa shape index (κ2) is 11.0. The van der Waals surface area contributed by atoms with Crippen molar-refractivity contribution in [3.05, 3.63) is 74.5 Å². The molecule has 1 aliphatic carbocycles. The lowest BCUT2D eigenvalue weighted by molar-refractivity contribution is -0.274. The number of hydrogen-bond donors (Lipinski definition) is 4. The van der Waals surface area contributed by atoms with Crippen LogP contribution in [0.25, 0.3) is 0 Å². The Morgan fingerprint density at radius 2 is 1.49 bits per heavy atom. The summed E-state index contributed by atoms with van der Waals surface area (Å²) in [4.78, 5) is 36.6. The molecule has 4 N–H and O–H groups in total. The number of amides is 2. The molecular formula is C25H25F3N4O6S. The lowest BCUT2D eigenvalue weighted by Gasteiger charge is -2.31. The van der Waals surface area contributed by atoms with E-state index < -0.39 is 39.0 Å². The first-order valence-electron chi connectivity index (χ1n) is 11.9. The minimum absolute atomic E-state index is 0.000517. The van der Waals surface area contributed by atoms with E-state index in [0.29, 0.717) is 31.2 Å². The van der Waals surface area contributed by atoms with Crippen molar-refractivity contribution in [3.63, 3.8) is 0 Å². The number of ether oxygens (including phenoxy) is 1. The third-order valence-electron chi connectivity index (χ3n) is 6.29. The monoisotopic (exact) mass is 566 g/mol. The Morgan fingerprint density at radius 1 is 0.897 bits per heavy atom. The van der Waals surface area contributed by atoms with Gasteiger partial charge in [0.25, 0.3) is 20.9 Å². The van der Waals surface area contributed by atoms with Crippen molar-refractivity contribution in [3.8, 4) is 5.75 Å². The molecule has 0 aromatic heterocycles. The van der Waals surface area contributed by atoms with Crippen LogP contribution >= 0.6 is 0 Å². The number of benzene rings is 2. The van der Waals surface area contributed by atoms with E-state index in [1.807, 2.05) is 0 Å². The van der Waals surface area contributed by atoms with Crippen LogP contribution in [0.5, 0.6) is 5.75 Å². The Bertz CT molecular complexity index is 1520. The van der Waals surface area contributed by atoms with Gasteiger partial charge in [0.05, 0.1) is 4.90 Å². The molecule has 10 nitrogen and oxygen atoms in total. The molecule has 2 amide bonds.